The Morgan fingerprint density at radius 2 is 1.80 bits per heavy atom. The fourth-order valence-electron chi connectivity index (χ4n) is 1.74. The summed E-state index contributed by atoms with van der Waals surface area (Å²) in [5.74, 6) is -0.0544. The molecular formula is C15H22N2O3. The zero-order valence-electron chi connectivity index (χ0n) is 12.5. The highest BCUT2D eigenvalue weighted by molar-refractivity contribution is 5.92. The first-order chi connectivity index (χ1) is 9.42. The molecule has 0 saturated heterocycles. The van der Waals surface area contributed by atoms with Gasteiger partial charge in [0.1, 0.15) is 0 Å². The van der Waals surface area contributed by atoms with Gasteiger partial charge < -0.3 is 10.1 Å². The standard InChI is InChI=1S/C15H22N2O3/c1-11(2)12-5-7-13(8-6-12)16-14(18)9-17(3)10-15(19)20-4/h5-8,11H,9-10H2,1-4H3,(H,16,18). The van der Waals surface area contributed by atoms with E-state index in [0.717, 1.165) is 5.69 Å². The maximum atomic E-state index is 11.8. The number of carbonyl (C=O) groups is 2. The molecule has 0 heterocycles. The number of methoxy groups -OCH3 is 1. The van der Waals surface area contributed by atoms with Crippen molar-refractivity contribution in [3.05, 3.63) is 29.8 Å². The van der Waals surface area contributed by atoms with Crippen molar-refractivity contribution >= 4 is 17.6 Å². The van der Waals surface area contributed by atoms with Crippen LogP contribution in [0.3, 0.4) is 0 Å². The smallest absolute Gasteiger partial charge is 0.319 e. The van der Waals surface area contributed by atoms with E-state index in [2.05, 4.69) is 23.9 Å². The minimum Gasteiger partial charge on any atom is -0.468 e. The van der Waals surface area contributed by atoms with Crippen LogP contribution in [0.15, 0.2) is 24.3 Å². The van der Waals surface area contributed by atoms with Gasteiger partial charge in [-0.05, 0) is 30.7 Å². The Morgan fingerprint density at radius 3 is 2.30 bits per heavy atom. The zero-order valence-corrected chi connectivity index (χ0v) is 12.5. The molecule has 0 fully saturated rings. The van der Waals surface area contributed by atoms with Gasteiger partial charge in [0.25, 0.3) is 0 Å². The van der Waals surface area contributed by atoms with Gasteiger partial charge in [-0.1, -0.05) is 26.0 Å². The van der Waals surface area contributed by atoms with Crippen molar-refractivity contribution in [3.63, 3.8) is 0 Å². The Bertz CT molecular complexity index is 455. The number of esters is 1. The summed E-state index contributed by atoms with van der Waals surface area (Å²) < 4.78 is 4.54. The van der Waals surface area contributed by atoms with Gasteiger partial charge in [-0.15, -0.1) is 0 Å². The van der Waals surface area contributed by atoms with Gasteiger partial charge >= 0.3 is 5.97 Å². The number of nitrogens with zero attached hydrogens (tertiary/aromatic N) is 1. The van der Waals surface area contributed by atoms with E-state index in [1.54, 1.807) is 11.9 Å². The highest BCUT2D eigenvalue weighted by Crippen LogP contribution is 2.16. The van der Waals surface area contributed by atoms with Gasteiger partial charge in [-0.2, -0.15) is 0 Å². The van der Waals surface area contributed by atoms with Crippen molar-refractivity contribution < 1.29 is 14.3 Å². The van der Waals surface area contributed by atoms with Gasteiger partial charge in [0, 0.05) is 5.69 Å². The second kappa shape index (κ2) is 7.65. The lowest BCUT2D eigenvalue weighted by Crippen LogP contribution is -2.34. The number of hydrogen-bond donors (Lipinski definition) is 1. The summed E-state index contributed by atoms with van der Waals surface area (Å²) in [5, 5.41) is 2.80. The van der Waals surface area contributed by atoms with Gasteiger partial charge in [0.15, 0.2) is 0 Å². The molecule has 0 radical (unpaired) electrons. The Hall–Kier alpha value is -1.88. The molecule has 0 bridgehead atoms. The molecule has 0 atom stereocenters. The molecule has 1 aromatic carbocycles. The molecule has 1 amide bonds. The molecule has 0 saturated carbocycles. The molecule has 110 valence electrons. The third-order valence-electron chi connectivity index (χ3n) is 2.90. The number of ether oxygens (including phenoxy) is 1. The van der Waals surface area contributed by atoms with Crippen molar-refractivity contribution in [3.8, 4) is 0 Å². The highest BCUT2D eigenvalue weighted by atomic mass is 16.5. The molecule has 0 unspecified atom stereocenters. The van der Waals surface area contributed by atoms with Crippen molar-refractivity contribution in [1.29, 1.82) is 0 Å². The van der Waals surface area contributed by atoms with E-state index in [4.69, 9.17) is 0 Å². The second-order valence-corrected chi connectivity index (χ2v) is 5.07. The number of benzene rings is 1. The monoisotopic (exact) mass is 278 g/mol. The van der Waals surface area contributed by atoms with Crippen LogP contribution in [0.1, 0.15) is 25.3 Å². The van der Waals surface area contributed by atoms with Crippen LogP contribution in [-0.2, 0) is 14.3 Å². The van der Waals surface area contributed by atoms with Crippen LogP contribution in [0.25, 0.3) is 0 Å². The molecule has 20 heavy (non-hydrogen) atoms. The molecule has 0 aliphatic heterocycles. The fraction of sp³-hybridized carbons (Fsp3) is 0.467. The lowest BCUT2D eigenvalue weighted by molar-refractivity contribution is -0.141. The average Bonchev–Trinajstić information content (AvgIpc) is 2.38. The van der Waals surface area contributed by atoms with Crippen LogP contribution in [0.5, 0.6) is 0 Å². The van der Waals surface area contributed by atoms with Gasteiger partial charge in [0.2, 0.25) is 5.91 Å². The predicted octanol–water partition coefficient (Wildman–Crippen LogP) is 1.85. The lowest BCUT2D eigenvalue weighted by atomic mass is 10.0. The van der Waals surface area contributed by atoms with Gasteiger partial charge in [0.05, 0.1) is 20.2 Å². The van der Waals surface area contributed by atoms with Crippen molar-refractivity contribution in [2.45, 2.75) is 19.8 Å². The maximum absolute atomic E-state index is 11.8. The SMILES string of the molecule is COC(=O)CN(C)CC(=O)Nc1ccc(C(C)C)cc1. The quantitative estimate of drug-likeness (QED) is 0.807. The molecule has 1 aromatic rings. The number of likely N-dealkylation sites (N-methyl/N-ethyl adjacent to an activating group) is 1. The summed E-state index contributed by atoms with van der Waals surface area (Å²) in [7, 11) is 3.02. The van der Waals surface area contributed by atoms with Crippen LogP contribution >= 0.6 is 0 Å². The molecule has 5 heteroatoms. The van der Waals surface area contributed by atoms with Crippen LogP contribution in [-0.4, -0.2) is 44.0 Å². The van der Waals surface area contributed by atoms with Crippen LogP contribution in [0.4, 0.5) is 5.69 Å². The molecule has 1 rings (SSSR count). The number of hydrogen-bond acceptors (Lipinski definition) is 4. The minimum absolute atomic E-state index is 0.0935. The topological polar surface area (TPSA) is 58.6 Å². The molecule has 0 aliphatic rings. The fourth-order valence-corrected chi connectivity index (χ4v) is 1.74. The summed E-state index contributed by atoms with van der Waals surface area (Å²) in [6, 6.07) is 7.76. The molecule has 1 N–H and O–H groups in total. The number of carbonyl (C=O) groups excluding carboxylic acids is 2. The van der Waals surface area contributed by atoms with Crippen molar-refractivity contribution in [2.75, 3.05) is 32.6 Å². The van der Waals surface area contributed by atoms with E-state index < -0.39 is 0 Å². The summed E-state index contributed by atoms with van der Waals surface area (Å²) in [6.07, 6.45) is 0. The second-order valence-electron chi connectivity index (χ2n) is 5.07. The molecule has 5 nitrogen and oxygen atoms in total. The largest absolute Gasteiger partial charge is 0.468 e. The number of nitrogens with one attached hydrogen (secondary N) is 1. The highest BCUT2D eigenvalue weighted by Gasteiger charge is 2.11. The first-order valence-corrected chi connectivity index (χ1v) is 6.57. The van der Waals surface area contributed by atoms with Crippen molar-refractivity contribution in [1.82, 2.24) is 4.90 Å². The van der Waals surface area contributed by atoms with E-state index in [0.29, 0.717) is 5.92 Å². The molecule has 0 aromatic heterocycles. The number of amides is 1. The van der Waals surface area contributed by atoms with E-state index in [1.165, 1.54) is 12.7 Å². The Morgan fingerprint density at radius 1 is 1.20 bits per heavy atom. The third kappa shape index (κ3) is 5.40. The average molecular weight is 278 g/mol. The normalized spacial score (nSPS) is 10.7. The van der Waals surface area contributed by atoms with E-state index in [9.17, 15) is 9.59 Å². The Balaban J connectivity index is 2.47. The number of anilines is 1. The summed E-state index contributed by atoms with van der Waals surface area (Å²) >= 11 is 0. The van der Waals surface area contributed by atoms with Gasteiger partial charge in [-0.25, -0.2) is 0 Å². The lowest BCUT2D eigenvalue weighted by Gasteiger charge is -2.15. The summed E-state index contributed by atoms with van der Waals surface area (Å²) in [4.78, 5) is 24.5. The van der Waals surface area contributed by atoms with Crippen LogP contribution in [0, 0.1) is 0 Å². The third-order valence-corrected chi connectivity index (χ3v) is 2.90. The molecule has 0 aliphatic carbocycles. The summed E-state index contributed by atoms with van der Waals surface area (Å²) in [5.41, 5.74) is 1.98. The van der Waals surface area contributed by atoms with E-state index >= 15 is 0 Å². The van der Waals surface area contributed by atoms with Gasteiger partial charge in [-0.3, -0.25) is 14.5 Å². The molecule has 0 spiro atoms. The van der Waals surface area contributed by atoms with Crippen molar-refractivity contribution in [2.24, 2.45) is 0 Å². The Labute approximate surface area is 119 Å². The maximum Gasteiger partial charge on any atom is 0.319 e. The summed E-state index contributed by atoms with van der Waals surface area (Å²) in [6.45, 7) is 4.47. The van der Waals surface area contributed by atoms with E-state index in [-0.39, 0.29) is 25.0 Å². The number of rotatable bonds is 6. The van der Waals surface area contributed by atoms with Crippen LogP contribution < -0.4 is 5.32 Å². The predicted molar refractivity (Wildman–Crippen MR) is 78.7 cm³/mol. The minimum atomic E-state index is -0.360. The first kappa shape index (κ1) is 16.2. The first-order valence-electron chi connectivity index (χ1n) is 6.57. The molecular weight excluding hydrogens is 256 g/mol. The zero-order chi connectivity index (χ0) is 15.1. The van der Waals surface area contributed by atoms with E-state index in [1.807, 2.05) is 24.3 Å². The van der Waals surface area contributed by atoms with Crippen LogP contribution in [0.2, 0.25) is 0 Å². The Kier molecular flexibility index (Phi) is 6.18.